The number of aromatic nitrogens is 1. The summed E-state index contributed by atoms with van der Waals surface area (Å²) < 4.78 is 24.6. The van der Waals surface area contributed by atoms with Crippen molar-refractivity contribution in [1.29, 1.82) is 0 Å². The molecule has 94 valence electrons. The van der Waals surface area contributed by atoms with Gasteiger partial charge in [-0.2, -0.15) is 0 Å². The molecular formula is C11H17N3O2S. The molecule has 1 saturated heterocycles. The number of hydrogen-bond acceptors (Lipinski definition) is 4. The summed E-state index contributed by atoms with van der Waals surface area (Å²) in [6.07, 6.45) is 2.50. The molecule has 0 unspecified atom stereocenters. The highest BCUT2D eigenvalue weighted by molar-refractivity contribution is 7.89. The van der Waals surface area contributed by atoms with Crippen LogP contribution in [0.5, 0.6) is 0 Å². The molecule has 1 aromatic heterocycles. The van der Waals surface area contributed by atoms with Crippen molar-refractivity contribution >= 4 is 10.0 Å². The first-order valence-corrected chi connectivity index (χ1v) is 7.38. The van der Waals surface area contributed by atoms with Crippen molar-refractivity contribution in [2.45, 2.75) is 13.0 Å². The van der Waals surface area contributed by atoms with E-state index in [1.807, 2.05) is 18.2 Å². The lowest BCUT2D eigenvalue weighted by Gasteiger charge is -2.14. The fourth-order valence-electron chi connectivity index (χ4n) is 1.87. The standard InChI is InChI=1S/C11H17N3O2S/c15-17(16)9-3-7-14(17)8-6-12-10-11-4-1-2-5-13-11/h1-2,4-5,12H,3,6-10H2. The maximum Gasteiger partial charge on any atom is 0.214 e. The Morgan fingerprint density at radius 1 is 1.41 bits per heavy atom. The van der Waals surface area contributed by atoms with Crippen LogP contribution >= 0.6 is 0 Å². The van der Waals surface area contributed by atoms with E-state index in [1.165, 1.54) is 0 Å². The maximum absolute atomic E-state index is 11.5. The van der Waals surface area contributed by atoms with Gasteiger partial charge in [-0.15, -0.1) is 0 Å². The maximum atomic E-state index is 11.5. The molecule has 0 spiro atoms. The zero-order valence-electron chi connectivity index (χ0n) is 9.67. The Kier molecular flexibility index (Phi) is 4.09. The molecule has 1 aliphatic heterocycles. The molecule has 0 atom stereocenters. The summed E-state index contributed by atoms with van der Waals surface area (Å²) in [6.45, 7) is 2.55. The highest BCUT2D eigenvalue weighted by Crippen LogP contribution is 2.11. The molecule has 1 N–H and O–H groups in total. The number of pyridine rings is 1. The second-order valence-corrected chi connectivity index (χ2v) is 6.15. The molecule has 2 heterocycles. The lowest BCUT2D eigenvalue weighted by atomic mass is 10.3. The molecule has 5 nitrogen and oxygen atoms in total. The molecule has 0 aliphatic carbocycles. The number of rotatable bonds is 5. The van der Waals surface area contributed by atoms with Crippen molar-refractivity contribution in [1.82, 2.24) is 14.6 Å². The predicted octanol–water partition coefficient (Wildman–Crippen LogP) is 0.207. The van der Waals surface area contributed by atoms with Gasteiger partial charge >= 0.3 is 0 Å². The Bertz CT molecular complexity index is 447. The van der Waals surface area contributed by atoms with Crippen molar-refractivity contribution in [2.75, 3.05) is 25.4 Å². The number of nitrogens with zero attached hydrogens (tertiary/aromatic N) is 2. The summed E-state index contributed by atoms with van der Waals surface area (Å²) in [4.78, 5) is 4.18. The van der Waals surface area contributed by atoms with Crippen molar-refractivity contribution < 1.29 is 8.42 Å². The predicted molar refractivity (Wildman–Crippen MR) is 65.9 cm³/mol. The molecular weight excluding hydrogens is 238 g/mol. The average molecular weight is 255 g/mol. The Labute approximate surface area is 102 Å². The Balaban J connectivity index is 1.70. The van der Waals surface area contributed by atoms with Crippen LogP contribution in [0.2, 0.25) is 0 Å². The third-order valence-corrected chi connectivity index (χ3v) is 4.73. The summed E-state index contributed by atoms with van der Waals surface area (Å²) in [6, 6.07) is 5.76. The molecule has 0 radical (unpaired) electrons. The minimum absolute atomic E-state index is 0.299. The summed E-state index contributed by atoms with van der Waals surface area (Å²) in [5, 5.41) is 3.20. The Morgan fingerprint density at radius 2 is 2.29 bits per heavy atom. The monoisotopic (exact) mass is 255 g/mol. The molecule has 1 fully saturated rings. The quantitative estimate of drug-likeness (QED) is 0.764. The van der Waals surface area contributed by atoms with E-state index in [2.05, 4.69) is 10.3 Å². The average Bonchev–Trinajstić information content (AvgIpc) is 2.66. The number of nitrogens with one attached hydrogen (secondary N) is 1. The lowest BCUT2D eigenvalue weighted by molar-refractivity contribution is 0.433. The fraction of sp³-hybridized carbons (Fsp3) is 0.545. The SMILES string of the molecule is O=S1(=O)CCCN1CCNCc1ccccn1. The molecule has 0 amide bonds. The van der Waals surface area contributed by atoms with Crippen LogP contribution in [-0.2, 0) is 16.6 Å². The molecule has 2 rings (SSSR count). The second-order valence-electron chi connectivity index (χ2n) is 4.07. The van der Waals surface area contributed by atoms with Gasteiger partial charge in [0.25, 0.3) is 0 Å². The van der Waals surface area contributed by atoms with Crippen LogP contribution in [0.15, 0.2) is 24.4 Å². The van der Waals surface area contributed by atoms with Crippen molar-refractivity contribution in [2.24, 2.45) is 0 Å². The van der Waals surface area contributed by atoms with E-state index in [4.69, 9.17) is 0 Å². The van der Waals surface area contributed by atoms with Crippen LogP contribution in [0.25, 0.3) is 0 Å². The van der Waals surface area contributed by atoms with Crippen LogP contribution in [0.4, 0.5) is 0 Å². The molecule has 17 heavy (non-hydrogen) atoms. The smallest absolute Gasteiger partial charge is 0.214 e. The van der Waals surface area contributed by atoms with Gasteiger partial charge in [0.2, 0.25) is 10.0 Å². The van der Waals surface area contributed by atoms with Crippen LogP contribution in [0, 0.1) is 0 Å². The van der Waals surface area contributed by atoms with Gasteiger partial charge in [-0.25, -0.2) is 12.7 Å². The van der Waals surface area contributed by atoms with E-state index in [1.54, 1.807) is 10.5 Å². The van der Waals surface area contributed by atoms with Crippen molar-refractivity contribution in [3.8, 4) is 0 Å². The van der Waals surface area contributed by atoms with Gasteiger partial charge in [-0.05, 0) is 18.6 Å². The normalized spacial score (nSPS) is 19.5. The number of sulfonamides is 1. The zero-order valence-corrected chi connectivity index (χ0v) is 10.5. The van der Waals surface area contributed by atoms with Crippen LogP contribution in [0.3, 0.4) is 0 Å². The summed E-state index contributed by atoms with van der Waals surface area (Å²) in [5.74, 6) is 0.299. The summed E-state index contributed by atoms with van der Waals surface area (Å²) in [5.41, 5.74) is 0.969. The molecule has 0 aromatic carbocycles. The second kappa shape index (κ2) is 5.57. The third-order valence-electron chi connectivity index (χ3n) is 2.77. The van der Waals surface area contributed by atoms with Crippen LogP contribution < -0.4 is 5.32 Å². The van der Waals surface area contributed by atoms with Gasteiger partial charge in [0, 0.05) is 32.4 Å². The van der Waals surface area contributed by atoms with E-state index < -0.39 is 10.0 Å². The van der Waals surface area contributed by atoms with Gasteiger partial charge in [-0.3, -0.25) is 4.98 Å². The van der Waals surface area contributed by atoms with Crippen molar-refractivity contribution in [3.05, 3.63) is 30.1 Å². The first-order chi connectivity index (χ1) is 8.18. The Morgan fingerprint density at radius 3 is 2.94 bits per heavy atom. The highest BCUT2D eigenvalue weighted by atomic mass is 32.2. The number of hydrogen-bond donors (Lipinski definition) is 1. The van der Waals surface area contributed by atoms with Gasteiger partial charge in [0.1, 0.15) is 0 Å². The van der Waals surface area contributed by atoms with E-state index in [9.17, 15) is 8.42 Å². The van der Waals surface area contributed by atoms with E-state index >= 15 is 0 Å². The van der Waals surface area contributed by atoms with Gasteiger partial charge in [-0.1, -0.05) is 6.07 Å². The molecule has 6 heteroatoms. The largest absolute Gasteiger partial charge is 0.310 e. The topological polar surface area (TPSA) is 62.3 Å². The first-order valence-electron chi connectivity index (χ1n) is 5.77. The van der Waals surface area contributed by atoms with Gasteiger partial charge in [0.15, 0.2) is 0 Å². The summed E-state index contributed by atoms with van der Waals surface area (Å²) >= 11 is 0. The molecule has 1 aliphatic rings. The Hall–Kier alpha value is -0.980. The minimum atomic E-state index is -2.95. The summed E-state index contributed by atoms with van der Waals surface area (Å²) in [7, 11) is -2.95. The first kappa shape index (κ1) is 12.5. The van der Waals surface area contributed by atoms with E-state index in [0.717, 1.165) is 12.1 Å². The third kappa shape index (κ3) is 3.49. The zero-order chi connectivity index (χ0) is 12.1. The van der Waals surface area contributed by atoms with Gasteiger partial charge < -0.3 is 5.32 Å². The van der Waals surface area contributed by atoms with Crippen LogP contribution in [0.1, 0.15) is 12.1 Å². The lowest BCUT2D eigenvalue weighted by Crippen LogP contribution is -2.33. The molecule has 0 saturated carbocycles. The van der Waals surface area contributed by atoms with E-state index in [0.29, 0.717) is 31.9 Å². The molecule has 1 aromatic rings. The fourth-order valence-corrected chi connectivity index (χ4v) is 3.39. The highest BCUT2D eigenvalue weighted by Gasteiger charge is 2.27. The minimum Gasteiger partial charge on any atom is -0.310 e. The van der Waals surface area contributed by atoms with E-state index in [-0.39, 0.29) is 0 Å². The van der Waals surface area contributed by atoms with Crippen LogP contribution in [-0.4, -0.2) is 43.1 Å². The molecule has 0 bridgehead atoms. The van der Waals surface area contributed by atoms with Crippen molar-refractivity contribution in [3.63, 3.8) is 0 Å². The van der Waals surface area contributed by atoms with Gasteiger partial charge in [0.05, 0.1) is 11.4 Å².